The molecule has 0 heterocycles. The van der Waals surface area contributed by atoms with Crippen LogP contribution < -0.4 is 4.74 Å². The van der Waals surface area contributed by atoms with Gasteiger partial charge >= 0.3 is 6.18 Å². The number of allylic oxidation sites excluding steroid dienone is 1. The van der Waals surface area contributed by atoms with Gasteiger partial charge in [0.15, 0.2) is 5.78 Å². The number of alkyl halides is 3. The first-order chi connectivity index (χ1) is 11.4. The second-order valence-electron chi connectivity index (χ2n) is 4.55. The van der Waals surface area contributed by atoms with Crippen LogP contribution in [0, 0.1) is 0 Å². The predicted octanol–water partition coefficient (Wildman–Crippen LogP) is 5.64. The molecule has 0 unspecified atom stereocenters. The van der Waals surface area contributed by atoms with E-state index < -0.39 is 11.7 Å². The van der Waals surface area contributed by atoms with Crippen molar-refractivity contribution in [3.05, 3.63) is 71.3 Å². The molecule has 2 aromatic rings. The van der Waals surface area contributed by atoms with Gasteiger partial charge in [0.25, 0.3) is 0 Å². The lowest BCUT2D eigenvalue weighted by molar-refractivity contribution is -0.137. The van der Waals surface area contributed by atoms with Crippen LogP contribution in [-0.2, 0) is 6.18 Å². The Balaban J connectivity index is 0.00000139. The Morgan fingerprint density at radius 1 is 1.04 bits per heavy atom. The van der Waals surface area contributed by atoms with Crippen molar-refractivity contribution >= 4 is 11.9 Å². The highest BCUT2D eigenvalue weighted by Crippen LogP contribution is 2.29. The standard InChI is InChI=1S/C17H13F3O2.C2H6/c1-22-15-4-2-3-13(11-15)16(21)10-7-12-5-8-14(9-6-12)17(18,19)20;1-2/h2-11H,1H3;1-2H3/b10-7+;. The molecule has 2 aromatic carbocycles. The summed E-state index contributed by atoms with van der Waals surface area (Å²) in [5.41, 5.74) is 0.246. The van der Waals surface area contributed by atoms with Gasteiger partial charge in [0, 0.05) is 5.56 Å². The van der Waals surface area contributed by atoms with Crippen molar-refractivity contribution < 1.29 is 22.7 Å². The van der Waals surface area contributed by atoms with Crippen molar-refractivity contribution in [3.8, 4) is 5.75 Å². The molecule has 0 spiro atoms. The third-order valence-electron chi connectivity index (χ3n) is 3.02. The number of hydrogen-bond donors (Lipinski definition) is 0. The Bertz CT molecular complexity index is 687. The fourth-order valence-electron chi connectivity index (χ4n) is 1.83. The summed E-state index contributed by atoms with van der Waals surface area (Å²) in [6.45, 7) is 4.00. The zero-order chi connectivity index (χ0) is 18.2. The first kappa shape index (κ1) is 19.5. The Kier molecular flexibility index (Phi) is 7.24. The zero-order valence-electron chi connectivity index (χ0n) is 13.7. The smallest absolute Gasteiger partial charge is 0.416 e. The molecule has 0 aromatic heterocycles. The van der Waals surface area contributed by atoms with Gasteiger partial charge in [-0.25, -0.2) is 0 Å². The van der Waals surface area contributed by atoms with E-state index in [0.29, 0.717) is 16.9 Å². The lowest BCUT2D eigenvalue weighted by Crippen LogP contribution is -2.04. The van der Waals surface area contributed by atoms with E-state index in [1.165, 1.54) is 31.4 Å². The predicted molar refractivity (Wildman–Crippen MR) is 89.2 cm³/mol. The Morgan fingerprint density at radius 2 is 1.67 bits per heavy atom. The Hall–Kier alpha value is -2.56. The number of rotatable bonds is 4. The molecule has 0 atom stereocenters. The third kappa shape index (κ3) is 5.57. The van der Waals surface area contributed by atoms with Crippen LogP contribution in [0.25, 0.3) is 6.08 Å². The van der Waals surface area contributed by atoms with E-state index in [1.807, 2.05) is 13.8 Å². The second kappa shape index (κ2) is 8.91. The van der Waals surface area contributed by atoms with Crippen LogP contribution in [0.5, 0.6) is 5.75 Å². The average Bonchev–Trinajstić information content (AvgIpc) is 2.61. The van der Waals surface area contributed by atoms with Crippen LogP contribution >= 0.6 is 0 Å². The normalized spacial score (nSPS) is 10.9. The SMILES string of the molecule is CC.COc1cccc(C(=O)/C=C/c2ccc(C(F)(F)F)cc2)c1. The largest absolute Gasteiger partial charge is 0.497 e. The summed E-state index contributed by atoms with van der Waals surface area (Å²) in [6.07, 6.45) is -1.57. The summed E-state index contributed by atoms with van der Waals surface area (Å²) in [7, 11) is 1.50. The van der Waals surface area contributed by atoms with Crippen molar-refractivity contribution in [3.63, 3.8) is 0 Å². The molecule has 0 N–H and O–H groups in total. The van der Waals surface area contributed by atoms with Crippen LogP contribution in [0.2, 0.25) is 0 Å². The summed E-state index contributed by atoms with van der Waals surface area (Å²) in [4.78, 5) is 12.0. The fourth-order valence-corrected chi connectivity index (χ4v) is 1.83. The number of ether oxygens (including phenoxy) is 1. The summed E-state index contributed by atoms with van der Waals surface area (Å²) in [5.74, 6) is 0.313. The lowest BCUT2D eigenvalue weighted by Gasteiger charge is -2.05. The molecule has 0 saturated carbocycles. The molecule has 0 aliphatic carbocycles. The molecule has 128 valence electrons. The topological polar surface area (TPSA) is 26.3 Å². The number of hydrogen-bond acceptors (Lipinski definition) is 2. The molecular weight excluding hydrogens is 317 g/mol. The second-order valence-corrected chi connectivity index (χ2v) is 4.55. The summed E-state index contributed by atoms with van der Waals surface area (Å²) in [5, 5.41) is 0. The molecule has 2 rings (SSSR count). The fraction of sp³-hybridized carbons (Fsp3) is 0.211. The molecule has 0 aliphatic rings. The van der Waals surface area contributed by atoms with E-state index in [1.54, 1.807) is 24.3 Å². The monoisotopic (exact) mass is 336 g/mol. The van der Waals surface area contributed by atoms with E-state index in [-0.39, 0.29) is 5.78 Å². The van der Waals surface area contributed by atoms with Gasteiger partial charge in [-0.3, -0.25) is 4.79 Å². The van der Waals surface area contributed by atoms with E-state index in [2.05, 4.69) is 0 Å². The number of ketones is 1. The molecule has 0 saturated heterocycles. The molecule has 0 amide bonds. The van der Waals surface area contributed by atoms with E-state index in [4.69, 9.17) is 4.74 Å². The minimum Gasteiger partial charge on any atom is -0.497 e. The van der Waals surface area contributed by atoms with Gasteiger partial charge in [-0.15, -0.1) is 0 Å². The molecule has 0 fully saturated rings. The van der Waals surface area contributed by atoms with E-state index in [0.717, 1.165) is 12.1 Å². The minimum atomic E-state index is -4.36. The summed E-state index contributed by atoms with van der Waals surface area (Å²) in [6, 6.07) is 11.2. The molecule has 24 heavy (non-hydrogen) atoms. The van der Waals surface area contributed by atoms with Crippen LogP contribution in [0.15, 0.2) is 54.6 Å². The van der Waals surface area contributed by atoms with Gasteiger partial charge in [-0.2, -0.15) is 13.2 Å². The first-order valence-electron chi connectivity index (χ1n) is 7.44. The highest BCUT2D eigenvalue weighted by Gasteiger charge is 2.29. The minimum absolute atomic E-state index is 0.251. The molecular formula is C19H19F3O2. The molecule has 0 bridgehead atoms. The molecule has 2 nitrogen and oxygen atoms in total. The summed E-state index contributed by atoms with van der Waals surface area (Å²) >= 11 is 0. The maximum Gasteiger partial charge on any atom is 0.416 e. The lowest BCUT2D eigenvalue weighted by atomic mass is 10.1. The van der Waals surface area contributed by atoms with E-state index >= 15 is 0 Å². The van der Waals surface area contributed by atoms with Crippen molar-refractivity contribution in [2.45, 2.75) is 20.0 Å². The summed E-state index contributed by atoms with van der Waals surface area (Å²) < 4.78 is 42.4. The maximum absolute atomic E-state index is 12.4. The Labute approximate surface area is 139 Å². The number of carbonyl (C=O) groups excluding carboxylic acids is 1. The van der Waals surface area contributed by atoms with Gasteiger partial charge in [0.05, 0.1) is 12.7 Å². The highest BCUT2D eigenvalue weighted by atomic mass is 19.4. The molecule has 0 aliphatic heterocycles. The van der Waals surface area contributed by atoms with Crippen LogP contribution in [-0.4, -0.2) is 12.9 Å². The van der Waals surface area contributed by atoms with Gasteiger partial charge in [-0.05, 0) is 35.9 Å². The zero-order valence-corrected chi connectivity index (χ0v) is 13.7. The van der Waals surface area contributed by atoms with Crippen molar-refractivity contribution in [2.75, 3.05) is 7.11 Å². The third-order valence-corrected chi connectivity index (χ3v) is 3.02. The van der Waals surface area contributed by atoms with Gasteiger partial charge in [-0.1, -0.05) is 44.2 Å². The van der Waals surface area contributed by atoms with E-state index in [9.17, 15) is 18.0 Å². The van der Waals surface area contributed by atoms with Gasteiger partial charge in [0.1, 0.15) is 5.75 Å². The van der Waals surface area contributed by atoms with Crippen LogP contribution in [0.4, 0.5) is 13.2 Å². The van der Waals surface area contributed by atoms with Crippen molar-refractivity contribution in [1.82, 2.24) is 0 Å². The van der Waals surface area contributed by atoms with Gasteiger partial charge in [0.2, 0.25) is 0 Å². The average molecular weight is 336 g/mol. The van der Waals surface area contributed by atoms with Gasteiger partial charge < -0.3 is 4.74 Å². The number of carbonyl (C=O) groups is 1. The first-order valence-corrected chi connectivity index (χ1v) is 7.44. The maximum atomic E-state index is 12.4. The van der Waals surface area contributed by atoms with Crippen LogP contribution in [0.3, 0.4) is 0 Å². The molecule has 0 radical (unpaired) electrons. The molecule has 5 heteroatoms. The van der Waals surface area contributed by atoms with Crippen molar-refractivity contribution in [1.29, 1.82) is 0 Å². The number of benzene rings is 2. The number of methoxy groups -OCH3 is 1. The highest BCUT2D eigenvalue weighted by molar-refractivity contribution is 6.07. The van der Waals surface area contributed by atoms with Crippen LogP contribution in [0.1, 0.15) is 35.3 Å². The number of halogens is 3. The quantitative estimate of drug-likeness (QED) is 0.534. The van der Waals surface area contributed by atoms with Crippen molar-refractivity contribution in [2.24, 2.45) is 0 Å². The Morgan fingerprint density at radius 3 is 2.21 bits per heavy atom.